The molecule has 250 valence electrons. The van der Waals surface area contributed by atoms with Crippen molar-refractivity contribution in [2.45, 2.75) is 70.5 Å². The van der Waals surface area contributed by atoms with E-state index in [0.717, 1.165) is 42.4 Å². The van der Waals surface area contributed by atoms with Crippen molar-refractivity contribution in [3.8, 4) is 23.7 Å². The molecule has 0 bridgehead atoms. The Bertz CT molecular complexity index is 1520. The standard InChI is InChI=1S/C20H25NO3.C19H23NO3/c1-3-24-19(22)21-13-17-8-5-10-20(23,18(17)14-21)11-9-16-7-4-6-15(2)12-16;1-2-23-18(21)20-13-16-9-6-11-19(22,17(16)14-20)12-10-15-7-4-3-5-8-15/h4,6-7,12,17-18,23H,3,5,8,10,13-14H2,1-2H3;3-5,7-8,16-17,22H,2,6,9,11,13-14H2,1H3. The van der Waals surface area contributed by atoms with Gasteiger partial charge >= 0.3 is 12.2 Å². The summed E-state index contributed by atoms with van der Waals surface area (Å²) in [5.41, 5.74) is 0.951. The van der Waals surface area contributed by atoms with Crippen LogP contribution in [0.25, 0.3) is 0 Å². The molecule has 2 N–H and O–H groups in total. The molecule has 0 aromatic heterocycles. The van der Waals surface area contributed by atoms with Gasteiger partial charge in [0.2, 0.25) is 0 Å². The quantitative estimate of drug-likeness (QED) is 0.414. The number of benzene rings is 2. The van der Waals surface area contributed by atoms with E-state index in [1.807, 2.05) is 75.4 Å². The highest BCUT2D eigenvalue weighted by atomic mass is 16.6. The number of aryl methyl sites for hydroxylation is 1. The lowest BCUT2D eigenvalue weighted by Gasteiger charge is -2.37. The van der Waals surface area contributed by atoms with Crippen LogP contribution in [0.2, 0.25) is 0 Å². The highest BCUT2D eigenvalue weighted by Gasteiger charge is 2.50. The molecule has 2 aliphatic carbocycles. The van der Waals surface area contributed by atoms with E-state index < -0.39 is 11.2 Å². The van der Waals surface area contributed by atoms with Gasteiger partial charge < -0.3 is 29.5 Å². The summed E-state index contributed by atoms with van der Waals surface area (Å²) in [5.74, 6) is 13.1. The molecule has 0 radical (unpaired) electrons. The number of hydrogen-bond acceptors (Lipinski definition) is 6. The molecule has 8 heteroatoms. The molecule has 47 heavy (non-hydrogen) atoms. The van der Waals surface area contributed by atoms with Gasteiger partial charge in [0.25, 0.3) is 0 Å². The van der Waals surface area contributed by atoms with Crippen LogP contribution in [-0.2, 0) is 9.47 Å². The Hall–Kier alpha value is -3.98. The Morgan fingerprint density at radius 2 is 1.23 bits per heavy atom. The Morgan fingerprint density at radius 1 is 0.745 bits per heavy atom. The fourth-order valence-corrected chi connectivity index (χ4v) is 7.69. The van der Waals surface area contributed by atoms with Crippen molar-refractivity contribution < 1.29 is 29.3 Å². The molecular formula is C39H48N2O6. The summed E-state index contributed by atoms with van der Waals surface area (Å²) >= 11 is 0. The van der Waals surface area contributed by atoms with Gasteiger partial charge in [0.05, 0.1) is 13.2 Å². The molecule has 2 aromatic carbocycles. The summed E-state index contributed by atoms with van der Waals surface area (Å²) < 4.78 is 10.2. The Morgan fingerprint density at radius 3 is 1.72 bits per heavy atom. The molecule has 2 amide bonds. The molecular weight excluding hydrogens is 592 g/mol. The third-order valence-corrected chi connectivity index (χ3v) is 10.1. The Kier molecular flexibility index (Phi) is 11.2. The average molecular weight is 641 g/mol. The third-order valence-electron chi connectivity index (χ3n) is 10.1. The van der Waals surface area contributed by atoms with Crippen LogP contribution in [0.5, 0.6) is 0 Å². The summed E-state index contributed by atoms with van der Waals surface area (Å²) in [5, 5.41) is 22.2. The lowest BCUT2D eigenvalue weighted by atomic mass is 9.71. The first-order valence-electron chi connectivity index (χ1n) is 17.1. The van der Waals surface area contributed by atoms with Gasteiger partial charge in [-0.05, 0) is 101 Å². The van der Waals surface area contributed by atoms with Crippen LogP contribution in [0.15, 0.2) is 54.6 Å². The van der Waals surface area contributed by atoms with Gasteiger partial charge in [-0.1, -0.05) is 54.0 Å². The number of hydrogen-bond donors (Lipinski definition) is 2. The van der Waals surface area contributed by atoms with E-state index in [2.05, 4.69) is 23.7 Å². The van der Waals surface area contributed by atoms with Gasteiger partial charge in [-0.15, -0.1) is 0 Å². The summed E-state index contributed by atoms with van der Waals surface area (Å²) in [4.78, 5) is 27.4. The van der Waals surface area contributed by atoms with Crippen LogP contribution in [0.3, 0.4) is 0 Å². The zero-order valence-electron chi connectivity index (χ0n) is 27.9. The van der Waals surface area contributed by atoms with Crippen LogP contribution in [-0.4, -0.2) is 82.8 Å². The first kappa shape index (κ1) is 34.4. The number of carbonyl (C=O) groups excluding carboxylic acids is 2. The van der Waals surface area contributed by atoms with Crippen LogP contribution in [0.4, 0.5) is 9.59 Å². The van der Waals surface area contributed by atoms with Gasteiger partial charge in [-0.2, -0.15) is 0 Å². The highest BCUT2D eigenvalue weighted by molar-refractivity contribution is 5.68. The van der Waals surface area contributed by atoms with Crippen molar-refractivity contribution >= 4 is 12.2 Å². The van der Waals surface area contributed by atoms with Gasteiger partial charge in [0.1, 0.15) is 11.2 Å². The molecule has 2 saturated carbocycles. The molecule has 2 aromatic rings. The van der Waals surface area contributed by atoms with E-state index in [1.54, 1.807) is 9.80 Å². The topological polar surface area (TPSA) is 99.5 Å². The van der Waals surface area contributed by atoms with Crippen molar-refractivity contribution in [2.75, 3.05) is 39.4 Å². The zero-order chi connectivity index (χ0) is 33.4. The molecule has 6 atom stereocenters. The number of fused-ring (bicyclic) bond motifs is 2. The number of carbonyl (C=O) groups is 2. The maximum absolute atomic E-state index is 12.0. The number of ether oxygens (including phenoxy) is 2. The zero-order valence-corrected chi connectivity index (χ0v) is 27.9. The molecule has 4 fully saturated rings. The fourth-order valence-electron chi connectivity index (χ4n) is 7.69. The van der Waals surface area contributed by atoms with Crippen molar-refractivity contribution in [3.05, 3.63) is 71.3 Å². The van der Waals surface area contributed by atoms with Crippen LogP contribution < -0.4 is 0 Å². The minimum Gasteiger partial charge on any atom is -0.450 e. The number of likely N-dealkylation sites (tertiary alicyclic amines) is 2. The van der Waals surface area contributed by atoms with Crippen molar-refractivity contribution in [1.82, 2.24) is 9.80 Å². The summed E-state index contributed by atoms with van der Waals surface area (Å²) in [6.07, 6.45) is 4.74. The lowest BCUT2D eigenvalue weighted by molar-refractivity contribution is -0.00834. The summed E-state index contributed by atoms with van der Waals surface area (Å²) in [6.45, 7) is 8.80. The van der Waals surface area contributed by atoms with E-state index in [-0.39, 0.29) is 24.0 Å². The predicted octanol–water partition coefficient (Wildman–Crippen LogP) is 5.62. The largest absolute Gasteiger partial charge is 0.450 e. The third kappa shape index (κ3) is 8.30. The number of nitrogens with zero attached hydrogens (tertiary/aromatic N) is 2. The van der Waals surface area contributed by atoms with Crippen LogP contribution in [0.1, 0.15) is 69.1 Å². The minimum absolute atomic E-state index is 0.00738. The van der Waals surface area contributed by atoms with Gasteiger partial charge in [0.15, 0.2) is 0 Å². The van der Waals surface area contributed by atoms with E-state index >= 15 is 0 Å². The SMILES string of the molecule is CCOC(=O)N1CC2CCCC(O)(C#Cc3cccc(C)c3)C2C1.CCOC(=O)N1CC2CCCC(O)(C#Cc3ccccc3)C2C1. The van der Waals surface area contributed by atoms with E-state index in [1.165, 1.54) is 0 Å². The molecule has 2 saturated heterocycles. The molecule has 8 nitrogen and oxygen atoms in total. The molecule has 4 aliphatic rings. The van der Waals surface area contributed by atoms with Gasteiger partial charge in [-0.25, -0.2) is 9.59 Å². The second-order valence-corrected chi connectivity index (χ2v) is 13.3. The van der Waals surface area contributed by atoms with Gasteiger partial charge in [-0.3, -0.25) is 0 Å². The first-order valence-corrected chi connectivity index (χ1v) is 17.1. The van der Waals surface area contributed by atoms with Crippen molar-refractivity contribution in [1.29, 1.82) is 0 Å². The predicted molar refractivity (Wildman–Crippen MR) is 180 cm³/mol. The maximum atomic E-state index is 12.0. The van der Waals surface area contributed by atoms with Crippen molar-refractivity contribution in [2.24, 2.45) is 23.7 Å². The first-order chi connectivity index (χ1) is 22.6. The Balaban J connectivity index is 0.000000185. The number of rotatable bonds is 2. The molecule has 6 unspecified atom stereocenters. The maximum Gasteiger partial charge on any atom is 0.409 e. The van der Waals surface area contributed by atoms with E-state index in [4.69, 9.17) is 9.47 Å². The molecule has 2 heterocycles. The molecule has 6 rings (SSSR count). The smallest absolute Gasteiger partial charge is 0.409 e. The highest BCUT2D eigenvalue weighted by Crippen LogP contribution is 2.44. The second kappa shape index (κ2) is 15.3. The van der Waals surface area contributed by atoms with Crippen molar-refractivity contribution in [3.63, 3.8) is 0 Å². The van der Waals surface area contributed by atoms with E-state index in [9.17, 15) is 19.8 Å². The number of amides is 2. The monoisotopic (exact) mass is 640 g/mol. The average Bonchev–Trinajstić information content (AvgIpc) is 3.72. The van der Waals surface area contributed by atoms with E-state index in [0.29, 0.717) is 64.1 Å². The Labute approximate surface area is 279 Å². The normalized spacial score (nSPS) is 29.0. The minimum atomic E-state index is -1.02. The lowest BCUT2D eigenvalue weighted by Crippen LogP contribution is -2.44. The van der Waals surface area contributed by atoms with Crippen LogP contribution >= 0.6 is 0 Å². The number of aliphatic hydroxyl groups is 2. The fraction of sp³-hybridized carbons (Fsp3) is 0.538. The second-order valence-electron chi connectivity index (χ2n) is 13.3. The molecule has 2 aliphatic heterocycles. The summed E-state index contributed by atoms with van der Waals surface area (Å²) in [7, 11) is 0. The summed E-state index contributed by atoms with van der Waals surface area (Å²) in [6, 6.07) is 17.7. The van der Waals surface area contributed by atoms with Gasteiger partial charge in [0, 0.05) is 49.1 Å². The molecule has 0 spiro atoms. The van der Waals surface area contributed by atoms with Crippen LogP contribution in [0, 0.1) is 54.3 Å².